The van der Waals surface area contributed by atoms with Crippen LogP contribution in [0.3, 0.4) is 0 Å². The predicted octanol–water partition coefficient (Wildman–Crippen LogP) is 3.50. The molecule has 0 unspecified atom stereocenters. The van der Waals surface area contributed by atoms with E-state index in [0.717, 1.165) is 11.1 Å². The lowest BCUT2D eigenvalue weighted by Gasteiger charge is -2.09. The Balaban J connectivity index is 2.58. The third kappa shape index (κ3) is 4.43. The Hall–Kier alpha value is -3.14. The van der Waals surface area contributed by atoms with Crippen molar-refractivity contribution in [2.75, 3.05) is 14.2 Å². The van der Waals surface area contributed by atoms with E-state index in [1.54, 1.807) is 12.2 Å². The highest BCUT2D eigenvalue weighted by Gasteiger charge is 2.22. The van der Waals surface area contributed by atoms with Crippen molar-refractivity contribution in [3.05, 3.63) is 82.9 Å². The van der Waals surface area contributed by atoms with Gasteiger partial charge in [-0.2, -0.15) is 0 Å². The van der Waals surface area contributed by atoms with Crippen LogP contribution in [0, 0.1) is 0 Å². The van der Waals surface area contributed by atoms with Crippen molar-refractivity contribution in [3.8, 4) is 0 Å². The maximum Gasteiger partial charge on any atom is 0.338 e. The molecule has 0 aliphatic heterocycles. The van der Waals surface area contributed by atoms with E-state index in [4.69, 9.17) is 9.47 Å². The van der Waals surface area contributed by atoms with Crippen LogP contribution < -0.4 is 0 Å². The van der Waals surface area contributed by atoms with E-state index in [2.05, 4.69) is 0 Å². The normalized spacial score (nSPS) is 11.8. The van der Waals surface area contributed by atoms with Crippen molar-refractivity contribution >= 4 is 24.1 Å². The van der Waals surface area contributed by atoms with Gasteiger partial charge in [0.2, 0.25) is 0 Å². The Bertz CT molecular complexity index is 691. The summed E-state index contributed by atoms with van der Waals surface area (Å²) in [5.74, 6) is -1.21. The highest BCUT2D eigenvalue weighted by atomic mass is 16.5. The summed E-state index contributed by atoms with van der Waals surface area (Å²) in [6, 6.07) is 18.5. The van der Waals surface area contributed by atoms with E-state index in [9.17, 15) is 9.59 Å². The monoisotopic (exact) mass is 322 g/mol. The molecule has 24 heavy (non-hydrogen) atoms. The van der Waals surface area contributed by atoms with Crippen molar-refractivity contribution in [3.63, 3.8) is 0 Å². The first-order valence-corrected chi connectivity index (χ1v) is 7.36. The van der Waals surface area contributed by atoms with Crippen molar-refractivity contribution in [2.45, 2.75) is 0 Å². The minimum Gasteiger partial charge on any atom is -0.465 e. The molecule has 0 spiro atoms. The lowest BCUT2D eigenvalue weighted by Crippen LogP contribution is -2.15. The Kier molecular flexibility index (Phi) is 6.08. The molecule has 0 atom stereocenters. The van der Waals surface area contributed by atoms with Crippen molar-refractivity contribution in [1.29, 1.82) is 0 Å². The molecule has 0 saturated carbocycles. The Labute approximate surface area is 141 Å². The third-order valence-electron chi connectivity index (χ3n) is 3.32. The van der Waals surface area contributed by atoms with Gasteiger partial charge in [0, 0.05) is 0 Å². The number of rotatable bonds is 5. The van der Waals surface area contributed by atoms with Crippen LogP contribution in [0.15, 0.2) is 71.8 Å². The standard InChI is InChI=1S/C20H18O4/c1-23-19(21)17(13-15-9-5-3-6-10-15)18(20(22)24-2)14-16-11-7-4-8-12-16/h3-14H,1-2H3/b17-13-,18-14-. The summed E-state index contributed by atoms with van der Waals surface area (Å²) in [7, 11) is 2.55. The van der Waals surface area contributed by atoms with E-state index in [1.807, 2.05) is 60.7 Å². The Morgan fingerprint density at radius 2 is 1.00 bits per heavy atom. The molecular formula is C20H18O4. The van der Waals surface area contributed by atoms with E-state index in [-0.39, 0.29) is 11.1 Å². The molecule has 2 rings (SSSR count). The molecule has 122 valence electrons. The number of hydrogen-bond donors (Lipinski definition) is 0. The second-order valence-corrected chi connectivity index (χ2v) is 4.92. The van der Waals surface area contributed by atoms with Gasteiger partial charge in [0.15, 0.2) is 0 Å². The van der Waals surface area contributed by atoms with Crippen LogP contribution in [-0.4, -0.2) is 26.2 Å². The van der Waals surface area contributed by atoms with Crippen molar-refractivity contribution in [2.24, 2.45) is 0 Å². The molecule has 2 aromatic rings. The zero-order chi connectivity index (χ0) is 17.4. The second-order valence-electron chi connectivity index (χ2n) is 4.92. The smallest absolute Gasteiger partial charge is 0.338 e. The van der Waals surface area contributed by atoms with Crippen molar-refractivity contribution in [1.82, 2.24) is 0 Å². The van der Waals surface area contributed by atoms with Crippen molar-refractivity contribution < 1.29 is 19.1 Å². The lowest BCUT2D eigenvalue weighted by atomic mass is 10.00. The number of benzene rings is 2. The summed E-state index contributed by atoms with van der Waals surface area (Å²) in [5.41, 5.74) is 1.83. The minimum absolute atomic E-state index is 0.138. The lowest BCUT2D eigenvalue weighted by molar-refractivity contribution is -0.139. The van der Waals surface area contributed by atoms with Gasteiger partial charge in [-0.3, -0.25) is 0 Å². The molecule has 0 aromatic heterocycles. The molecule has 4 heteroatoms. The van der Waals surface area contributed by atoms with Gasteiger partial charge in [-0.15, -0.1) is 0 Å². The van der Waals surface area contributed by atoms with Crippen LogP contribution in [-0.2, 0) is 19.1 Å². The quantitative estimate of drug-likeness (QED) is 0.480. The SMILES string of the molecule is COC(=O)C(=C\c1ccccc1)/C(=C/c1ccccc1)C(=O)OC. The molecule has 0 N–H and O–H groups in total. The molecular weight excluding hydrogens is 304 g/mol. The second kappa shape index (κ2) is 8.48. The number of carbonyl (C=O) groups is 2. The number of carbonyl (C=O) groups excluding carboxylic acids is 2. The number of methoxy groups -OCH3 is 2. The maximum atomic E-state index is 12.2. The summed E-state index contributed by atoms with van der Waals surface area (Å²) in [6.45, 7) is 0. The molecule has 4 nitrogen and oxygen atoms in total. The zero-order valence-corrected chi connectivity index (χ0v) is 13.6. The Morgan fingerprint density at radius 1 is 0.667 bits per heavy atom. The van der Waals surface area contributed by atoms with Gasteiger partial charge in [-0.1, -0.05) is 60.7 Å². The fraction of sp³-hybridized carbons (Fsp3) is 0.100. The molecule has 0 radical (unpaired) electrons. The number of ether oxygens (including phenoxy) is 2. The number of hydrogen-bond acceptors (Lipinski definition) is 4. The van der Waals surface area contributed by atoms with Gasteiger partial charge in [0.1, 0.15) is 0 Å². The fourth-order valence-electron chi connectivity index (χ4n) is 2.15. The van der Waals surface area contributed by atoms with Crippen LogP contribution in [0.5, 0.6) is 0 Å². The van der Waals surface area contributed by atoms with E-state index in [1.165, 1.54) is 14.2 Å². The van der Waals surface area contributed by atoms with Gasteiger partial charge in [-0.05, 0) is 23.3 Å². The summed E-state index contributed by atoms with van der Waals surface area (Å²) in [5, 5.41) is 0. The molecule has 0 fully saturated rings. The Morgan fingerprint density at radius 3 is 1.29 bits per heavy atom. The molecule has 0 aliphatic carbocycles. The summed E-state index contributed by atoms with van der Waals surface area (Å²) < 4.78 is 9.68. The highest BCUT2D eigenvalue weighted by Crippen LogP contribution is 2.21. The van der Waals surface area contributed by atoms with E-state index < -0.39 is 11.9 Å². The molecule has 0 saturated heterocycles. The maximum absolute atomic E-state index is 12.2. The van der Waals surface area contributed by atoms with Crippen LogP contribution in [0.2, 0.25) is 0 Å². The van der Waals surface area contributed by atoms with E-state index in [0.29, 0.717) is 0 Å². The van der Waals surface area contributed by atoms with Gasteiger partial charge >= 0.3 is 11.9 Å². The first-order chi connectivity index (χ1) is 11.7. The van der Waals surface area contributed by atoms with Gasteiger partial charge in [0.25, 0.3) is 0 Å². The average molecular weight is 322 g/mol. The number of esters is 2. The zero-order valence-electron chi connectivity index (χ0n) is 13.6. The molecule has 0 aliphatic rings. The van der Waals surface area contributed by atoms with Crippen LogP contribution >= 0.6 is 0 Å². The topological polar surface area (TPSA) is 52.6 Å². The average Bonchev–Trinajstić information content (AvgIpc) is 2.65. The largest absolute Gasteiger partial charge is 0.465 e. The summed E-state index contributed by atoms with van der Waals surface area (Å²) >= 11 is 0. The first kappa shape index (κ1) is 17.2. The molecule has 0 bridgehead atoms. The fourth-order valence-corrected chi connectivity index (χ4v) is 2.15. The van der Waals surface area contributed by atoms with Gasteiger partial charge in [-0.25, -0.2) is 9.59 Å². The first-order valence-electron chi connectivity index (χ1n) is 7.36. The van der Waals surface area contributed by atoms with Crippen LogP contribution in [0.4, 0.5) is 0 Å². The molecule has 0 amide bonds. The van der Waals surface area contributed by atoms with Crippen LogP contribution in [0.1, 0.15) is 11.1 Å². The van der Waals surface area contributed by atoms with Crippen LogP contribution in [0.25, 0.3) is 12.2 Å². The highest BCUT2D eigenvalue weighted by molar-refractivity contribution is 6.12. The van der Waals surface area contributed by atoms with Gasteiger partial charge < -0.3 is 9.47 Å². The van der Waals surface area contributed by atoms with E-state index >= 15 is 0 Å². The predicted molar refractivity (Wildman–Crippen MR) is 92.9 cm³/mol. The molecule has 0 heterocycles. The minimum atomic E-state index is -0.605. The summed E-state index contributed by atoms with van der Waals surface area (Å²) in [6.07, 6.45) is 3.22. The third-order valence-corrected chi connectivity index (χ3v) is 3.32. The molecule has 2 aromatic carbocycles. The van der Waals surface area contributed by atoms with Gasteiger partial charge in [0.05, 0.1) is 25.4 Å². The summed E-state index contributed by atoms with van der Waals surface area (Å²) in [4.78, 5) is 24.5.